The number of carboxylic acids is 1. The number of ether oxygens (including phenoxy) is 1. The summed E-state index contributed by atoms with van der Waals surface area (Å²) >= 11 is 0. The van der Waals surface area contributed by atoms with Crippen molar-refractivity contribution in [3.05, 3.63) is 76.6 Å². The van der Waals surface area contributed by atoms with E-state index >= 15 is 0 Å². The molecule has 0 amide bonds. The Morgan fingerprint density at radius 3 is 2.79 bits per heavy atom. The second-order valence-electron chi connectivity index (χ2n) is 8.95. The van der Waals surface area contributed by atoms with Crippen molar-refractivity contribution in [2.75, 3.05) is 13.2 Å². The lowest BCUT2D eigenvalue weighted by molar-refractivity contribution is -0.137. The Kier molecular flexibility index (Phi) is 7.91. The molecular formula is C28H33N3O3. The quantitative estimate of drug-likeness (QED) is 0.389. The monoisotopic (exact) mass is 459 g/mol. The Hall–Kier alpha value is -3.25. The summed E-state index contributed by atoms with van der Waals surface area (Å²) in [6.07, 6.45) is 5.84. The van der Waals surface area contributed by atoms with Gasteiger partial charge in [-0.05, 0) is 79.5 Å². The van der Waals surface area contributed by atoms with E-state index in [9.17, 15) is 4.79 Å². The summed E-state index contributed by atoms with van der Waals surface area (Å²) in [4.78, 5) is 20.3. The smallest absolute Gasteiger partial charge is 0.303 e. The summed E-state index contributed by atoms with van der Waals surface area (Å²) in [6.45, 7) is 6.34. The lowest BCUT2D eigenvalue weighted by Gasteiger charge is -2.12. The van der Waals surface area contributed by atoms with Crippen LogP contribution in [0.25, 0.3) is 11.4 Å². The van der Waals surface area contributed by atoms with E-state index in [-0.39, 0.29) is 12.3 Å². The number of nitrogens with one attached hydrogen (secondary N) is 1. The predicted molar refractivity (Wildman–Crippen MR) is 133 cm³/mol. The fourth-order valence-electron chi connectivity index (χ4n) is 4.47. The van der Waals surface area contributed by atoms with Crippen molar-refractivity contribution in [2.24, 2.45) is 0 Å². The fourth-order valence-corrected chi connectivity index (χ4v) is 4.47. The summed E-state index contributed by atoms with van der Waals surface area (Å²) in [5.74, 6) is 1.02. The van der Waals surface area contributed by atoms with E-state index in [1.165, 1.54) is 11.1 Å². The maximum atomic E-state index is 11.0. The highest BCUT2D eigenvalue weighted by Crippen LogP contribution is 2.37. The number of nitrogens with zero attached hydrogens (tertiary/aromatic N) is 2. The fraction of sp³-hybridized carbons (Fsp3) is 0.393. The number of fused-ring (bicyclic) bond motifs is 1. The molecule has 0 aliphatic heterocycles. The van der Waals surface area contributed by atoms with Crippen molar-refractivity contribution in [2.45, 2.75) is 58.4 Å². The number of hydrogen-bond donors (Lipinski definition) is 2. The van der Waals surface area contributed by atoms with Crippen LogP contribution < -0.4 is 10.1 Å². The van der Waals surface area contributed by atoms with Gasteiger partial charge in [0.1, 0.15) is 5.75 Å². The number of carboxylic acid groups (broad SMARTS) is 1. The van der Waals surface area contributed by atoms with Crippen molar-refractivity contribution in [1.82, 2.24) is 15.3 Å². The van der Waals surface area contributed by atoms with Crippen molar-refractivity contribution in [3.8, 4) is 17.1 Å². The SMILES string of the molecule is CCc1ccc(-c2ncc(C)c(CNCCCOc3ccc4c(c3)CC[C@H]4CC(=O)O)n2)cc1. The zero-order valence-electron chi connectivity index (χ0n) is 20.0. The van der Waals surface area contributed by atoms with Crippen LogP contribution in [0, 0.1) is 6.92 Å². The van der Waals surface area contributed by atoms with E-state index < -0.39 is 5.97 Å². The maximum Gasteiger partial charge on any atom is 0.303 e. The van der Waals surface area contributed by atoms with Gasteiger partial charge in [-0.2, -0.15) is 0 Å². The van der Waals surface area contributed by atoms with Crippen LogP contribution in [0.5, 0.6) is 5.75 Å². The lowest BCUT2D eigenvalue weighted by atomic mass is 9.98. The lowest BCUT2D eigenvalue weighted by Crippen LogP contribution is -2.19. The van der Waals surface area contributed by atoms with Crippen molar-refractivity contribution in [3.63, 3.8) is 0 Å². The van der Waals surface area contributed by atoms with E-state index in [1.54, 1.807) is 0 Å². The van der Waals surface area contributed by atoms with Crippen LogP contribution in [0.1, 0.15) is 60.1 Å². The molecule has 0 radical (unpaired) electrons. The van der Waals surface area contributed by atoms with Crippen LogP contribution >= 0.6 is 0 Å². The highest BCUT2D eigenvalue weighted by atomic mass is 16.5. The van der Waals surface area contributed by atoms with Crippen LogP contribution in [0.4, 0.5) is 0 Å². The van der Waals surface area contributed by atoms with Gasteiger partial charge in [-0.15, -0.1) is 0 Å². The van der Waals surface area contributed by atoms with E-state index in [4.69, 9.17) is 14.8 Å². The van der Waals surface area contributed by atoms with E-state index in [2.05, 4.69) is 47.6 Å². The van der Waals surface area contributed by atoms with Gasteiger partial charge in [0.05, 0.1) is 18.7 Å². The molecule has 1 aromatic heterocycles. The molecule has 1 heterocycles. The molecule has 34 heavy (non-hydrogen) atoms. The largest absolute Gasteiger partial charge is 0.494 e. The number of aryl methyl sites for hydroxylation is 3. The minimum atomic E-state index is -0.732. The molecule has 1 aliphatic carbocycles. The third-order valence-electron chi connectivity index (χ3n) is 6.49. The van der Waals surface area contributed by atoms with Crippen LogP contribution in [0.15, 0.2) is 48.7 Å². The second kappa shape index (κ2) is 11.3. The Morgan fingerprint density at radius 1 is 1.21 bits per heavy atom. The first-order valence-electron chi connectivity index (χ1n) is 12.1. The van der Waals surface area contributed by atoms with E-state index in [0.29, 0.717) is 13.2 Å². The van der Waals surface area contributed by atoms with Gasteiger partial charge in [0, 0.05) is 18.3 Å². The average molecular weight is 460 g/mol. The number of aliphatic carboxylic acids is 1. The first kappa shape index (κ1) is 23.9. The molecule has 0 unspecified atom stereocenters. The molecule has 1 atom stereocenters. The van der Waals surface area contributed by atoms with Crippen molar-refractivity contribution >= 4 is 5.97 Å². The highest BCUT2D eigenvalue weighted by Gasteiger charge is 2.24. The summed E-state index contributed by atoms with van der Waals surface area (Å²) in [5, 5.41) is 12.5. The van der Waals surface area contributed by atoms with Gasteiger partial charge < -0.3 is 15.2 Å². The summed E-state index contributed by atoms with van der Waals surface area (Å²) in [7, 11) is 0. The second-order valence-corrected chi connectivity index (χ2v) is 8.95. The standard InChI is InChI=1S/C28H33N3O3/c1-3-20-5-7-21(8-6-20)28-30-17-19(2)26(31-28)18-29-13-4-14-34-24-11-12-25-22(15-24)9-10-23(25)16-27(32)33/h5-8,11-12,15,17,23,29H,3-4,9-10,13-14,16,18H2,1-2H3,(H,32,33)/t23-/m0/s1. The Balaban J connectivity index is 1.23. The number of carbonyl (C=O) groups is 1. The Labute approximate surface area is 201 Å². The summed E-state index contributed by atoms with van der Waals surface area (Å²) in [5.41, 5.74) is 6.83. The molecule has 4 rings (SSSR count). The van der Waals surface area contributed by atoms with Crippen LogP contribution in [0.2, 0.25) is 0 Å². The number of rotatable bonds is 11. The van der Waals surface area contributed by atoms with Gasteiger partial charge in [0.25, 0.3) is 0 Å². The third-order valence-corrected chi connectivity index (χ3v) is 6.49. The van der Waals surface area contributed by atoms with Crippen molar-refractivity contribution < 1.29 is 14.6 Å². The van der Waals surface area contributed by atoms with Crippen LogP contribution in [-0.2, 0) is 24.2 Å². The summed E-state index contributed by atoms with van der Waals surface area (Å²) < 4.78 is 5.94. The summed E-state index contributed by atoms with van der Waals surface area (Å²) in [6, 6.07) is 14.5. The zero-order chi connectivity index (χ0) is 23.9. The molecule has 2 aromatic carbocycles. The zero-order valence-corrected chi connectivity index (χ0v) is 20.0. The van der Waals surface area contributed by atoms with Gasteiger partial charge >= 0.3 is 5.97 Å². The number of aromatic nitrogens is 2. The minimum absolute atomic E-state index is 0.132. The molecule has 2 N–H and O–H groups in total. The average Bonchev–Trinajstić information content (AvgIpc) is 3.23. The van der Waals surface area contributed by atoms with Gasteiger partial charge in [-0.1, -0.05) is 37.3 Å². The molecule has 6 heteroatoms. The predicted octanol–water partition coefficient (Wildman–Crippen LogP) is 5.08. The first-order valence-corrected chi connectivity index (χ1v) is 12.1. The van der Waals surface area contributed by atoms with Gasteiger partial charge in [0.2, 0.25) is 0 Å². The van der Waals surface area contributed by atoms with Gasteiger partial charge in [-0.3, -0.25) is 4.79 Å². The third kappa shape index (κ3) is 6.00. The molecule has 0 spiro atoms. The number of benzene rings is 2. The van der Waals surface area contributed by atoms with Crippen LogP contribution in [0.3, 0.4) is 0 Å². The molecule has 0 saturated carbocycles. The molecule has 0 bridgehead atoms. The van der Waals surface area contributed by atoms with Crippen LogP contribution in [-0.4, -0.2) is 34.2 Å². The van der Waals surface area contributed by atoms with E-state index in [1.807, 2.05) is 25.3 Å². The Morgan fingerprint density at radius 2 is 2.03 bits per heavy atom. The molecule has 3 aromatic rings. The molecule has 6 nitrogen and oxygen atoms in total. The minimum Gasteiger partial charge on any atom is -0.494 e. The topological polar surface area (TPSA) is 84.3 Å². The van der Waals surface area contributed by atoms with Gasteiger partial charge in [0.15, 0.2) is 5.82 Å². The first-order chi connectivity index (χ1) is 16.5. The highest BCUT2D eigenvalue weighted by molar-refractivity contribution is 5.68. The molecule has 0 fully saturated rings. The number of hydrogen-bond acceptors (Lipinski definition) is 5. The molecule has 0 saturated heterocycles. The Bertz CT molecular complexity index is 1130. The molecule has 178 valence electrons. The molecular weight excluding hydrogens is 426 g/mol. The molecule has 1 aliphatic rings. The van der Waals surface area contributed by atoms with Gasteiger partial charge in [-0.25, -0.2) is 9.97 Å². The van der Waals surface area contributed by atoms with E-state index in [0.717, 1.165) is 66.2 Å². The normalized spacial score (nSPS) is 14.7. The maximum absolute atomic E-state index is 11.0. The van der Waals surface area contributed by atoms with Crippen molar-refractivity contribution in [1.29, 1.82) is 0 Å².